The minimum atomic E-state index is -2.93. The molecule has 117 valence electrons. The van der Waals surface area contributed by atoms with Gasteiger partial charge in [-0.05, 0) is 0 Å². The van der Waals surface area contributed by atoms with Crippen molar-refractivity contribution in [2.75, 3.05) is 0 Å². The van der Waals surface area contributed by atoms with Gasteiger partial charge in [0.15, 0.2) is 0 Å². The van der Waals surface area contributed by atoms with Crippen LogP contribution in [0, 0.1) is 0 Å². The van der Waals surface area contributed by atoms with E-state index in [1.165, 1.54) is 0 Å². The van der Waals surface area contributed by atoms with Crippen molar-refractivity contribution < 1.29 is 25.7 Å². The van der Waals surface area contributed by atoms with E-state index in [0.717, 1.165) is 33.3 Å². The summed E-state index contributed by atoms with van der Waals surface area (Å²) in [7, 11) is 0. The molecular weight excluding hydrogens is 535 g/mol. The summed E-state index contributed by atoms with van der Waals surface area (Å²) in [5.74, 6) is 1.50. The van der Waals surface area contributed by atoms with Gasteiger partial charge >= 0.3 is 154 Å². The molecule has 0 saturated carbocycles. The SMILES string of the molecule is [Br][Hf]([O]c1cccc2cccnc12)[O]c1cccc2cccnc12. The summed E-state index contributed by atoms with van der Waals surface area (Å²) in [5.41, 5.74) is 1.70. The Balaban J connectivity index is 1.61. The summed E-state index contributed by atoms with van der Waals surface area (Å²) < 4.78 is 12.2. The Labute approximate surface area is 153 Å². The van der Waals surface area contributed by atoms with E-state index in [1.54, 1.807) is 12.4 Å². The fourth-order valence-electron chi connectivity index (χ4n) is 2.51. The summed E-state index contributed by atoms with van der Waals surface area (Å²) >= 11 is 0.707. The van der Waals surface area contributed by atoms with E-state index < -0.39 is 20.0 Å². The van der Waals surface area contributed by atoms with Gasteiger partial charge in [-0.15, -0.1) is 0 Å². The van der Waals surface area contributed by atoms with Crippen LogP contribution in [-0.2, 0) is 20.0 Å². The normalized spacial score (nSPS) is 10.7. The first kappa shape index (κ1) is 15.7. The van der Waals surface area contributed by atoms with Crippen molar-refractivity contribution in [3.8, 4) is 11.5 Å². The van der Waals surface area contributed by atoms with E-state index in [0.29, 0.717) is 0 Å². The predicted octanol–water partition coefficient (Wildman–Crippen LogP) is 5.00. The Morgan fingerprint density at radius 1 is 0.667 bits per heavy atom. The number of aromatic nitrogens is 2. The topological polar surface area (TPSA) is 44.2 Å². The van der Waals surface area contributed by atoms with Crippen LogP contribution in [0.25, 0.3) is 21.8 Å². The number of hydrogen-bond donors (Lipinski definition) is 0. The Kier molecular flexibility index (Phi) is 4.58. The molecule has 0 aliphatic carbocycles. The van der Waals surface area contributed by atoms with E-state index in [2.05, 4.69) is 22.3 Å². The molecule has 0 bridgehead atoms. The van der Waals surface area contributed by atoms with E-state index in [9.17, 15) is 0 Å². The van der Waals surface area contributed by atoms with Gasteiger partial charge in [-0.2, -0.15) is 0 Å². The molecule has 4 aromatic rings. The molecule has 0 aliphatic heterocycles. The zero-order valence-electron chi connectivity index (χ0n) is 12.5. The molecule has 4 rings (SSSR count). The van der Waals surface area contributed by atoms with Crippen molar-refractivity contribution in [3.63, 3.8) is 0 Å². The van der Waals surface area contributed by atoms with E-state index >= 15 is 0 Å². The molecule has 2 heterocycles. The third kappa shape index (κ3) is 3.21. The molecule has 24 heavy (non-hydrogen) atoms. The molecule has 4 nitrogen and oxygen atoms in total. The second-order valence-electron chi connectivity index (χ2n) is 5.10. The van der Waals surface area contributed by atoms with Crippen LogP contribution in [0.5, 0.6) is 11.5 Å². The molecule has 0 N–H and O–H groups in total. The fraction of sp³-hybridized carbons (Fsp3) is 0. The second kappa shape index (κ2) is 6.99. The monoisotopic (exact) mass is 547 g/mol. The first-order valence-electron chi connectivity index (χ1n) is 7.37. The van der Waals surface area contributed by atoms with E-state index in [-0.39, 0.29) is 0 Å². The third-order valence-corrected chi connectivity index (χ3v) is 8.96. The number of para-hydroxylation sites is 2. The van der Waals surface area contributed by atoms with Crippen molar-refractivity contribution >= 4 is 34.1 Å². The van der Waals surface area contributed by atoms with Crippen LogP contribution < -0.4 is 5.71 Å². The Morgan fingerprint density at radius 2 is 1.12 bits per heavy atom. The van der Waals surface area contributed by atoms with Crippen molar-refractivity contribution in [1.82, 2.24) is 9.97 Å². The third-order valence-electron chi connectivity index (χ3n) is 3.57. The molecule has 0 amide bonds. The van der Waals surface area contributed by atoms with Gasteiger partial charge in [-0.25, -0.2) is 0 Å². The summed E-state index contributed by atoms with van der Waals surface area (Å²) in [5, 5.41) is 2.10. The molecule has 0 unspecified atom stereocenters. The zero-order valence-corrected chi connectivity index (χ0v) is 17.7. The van der Waals surface area contributed by atoms with Crippen LogP contribution >= 0.6 is 12.3 Å². The summed E-state index contributed by atoms with van der Waals surface area (Å²) in [4.78, 5) is 8.82. The standard InChI is InChI=1S/2C9H7NO.BrH.Hf/c2*11-8-5-1-3-7-4-2-6-10-9(7)8;;/h2*1-6,11H;1H;/q;;;+3/p-3. The number of nitrogens with zero attached hydrogens (tertiary/aromatic N) is 2. The first-order chi connectivity index (χ1) is 11.8. The average molecular weight is 547 g/mol. The maximum atomic E-state index is 6.10. The minimum absolute atomic E-state index is 0.750. The molecular formula is C18H12BrHfN2O2. The van der Waals surface area contributed by atoms with Gasteiger partial charge in [-0.1, -0.05) is 0 Å². The molecule has 0 aliphatic rings. The molecule has 0 atom stereocenters. The quantitative estimate of drug-likeness (QED) is 0.338. The molecule has 0 saturated heterocycles. The number of hydrogen-bond acceptors (Lipinski definition) is 4. The van der Waals surface area contributed by atoms with Crippen molar-refractivity contribution in [3.05, 3.63) is 73.1 Å². The number of halogens is 1. The van der Waals surface area contributed by atoms with Crippen LogP contribution in [0.1, 0.15) is 0 Å². The van der Waals surface area contributed by atoms with Gasteiger partial charge in [0.2, 0.25) is 0 Å². The van der Waals surface area contributed by atoms with E-state index in [1.807, 2.05) is 60.7 Å². The molecule has 2 aromatic heterocycles. The van der Waals surface area contributed by atoms with Crippen molar-refractivity contribution in [2.24, 2.45) is 0 Å². The zero-order chi connectivity index (χ0) is 16.4. The molecule has 2 aromatic carbocycles. The predicted molar refractivity (Wildman–Crippen MR) is 93.7 cm³/mol. The van der Waals surface area contributed by atoms with Crippen LogP contribution in [0.2, 0.25) is 0 Å². The molecule has 6 heteroatoms. The number of rotatable bonds is 4. The number of fused-ring (bicyclic) bond motifs is 2. The number of pyridine rings is 2. The van der Waals surface area contributed by atoms with Crippen LogP contribution in [0.4, 0.5) is 0 Å². The van der Waals surface area contributed by atoms with Gasteiger partial charge in [-0.3, -0.25) is 0 Å². The average Bonchev–Trinajstić information content (AvgIpc) is 2.62. The molecule has 0 fully saturated rings. The number of benzene rings is 2. The summed E-state index contributed by atoms with van der Waals surface area (Å²) in [6, 6.07) is 19.7. The van der Waals surface area contributed by atoms with Gasteiger partial charge in [0.05, 0.1) is 0 Å². The van der Waals surface area contributed by atoms with Crippen molar-refractivity contribution in [2.45, 2.75) is 0 Å². The van der Waals surface area contributed by atoms with Gasteiger partial charge < -0.3 is 0 Å². The van der Waals surface area contributed by atoms with Gasteiger partial charge in [0.1, 0.15) is 0 Å². The maximum absolute atomic E-state index is 6.10. The molecule has 0 spiro atoms. The van der Waals surface area contributed by atoms with Crippen LogP contribution in [0.3, 0.4) is 0 Å². The Morgan fingerprint density at radius 3 is 1.62 bits per heavy atom. The van der Waals surface area contributed by atoms with E-state index in [4.69, 9.17) is 5.71 Å². The van der Waals surface area contributed by atoms with Gasteiger partial charge in [0, 0.05) is 0 Å². The Hall–Kier alpha value is -1.79. The fourth-order valence-corrected chi connectivity index (χ4v) is 7.94. The first-order valence-corrected chi connectivity index (χ1v) is 18.2. The summed E-state index contributed by atoms with van der Waals surface area (Å²) in [6.07, 6.45) is 3.54. The Bertz CT molecular complexity index is 920. The van der Waals surface area contributed by atoms with Crippen molar-refractivity contribution in [1.29, 1.82) is 0 Å². The van der Waals surface area contributed by atoms with Crippen LogP contribution in [-0.4, -0.2) is 9.97 Å². The van der Waals surface area contributed by atoms with Crippen LogP contribution in [0.15, 0.2) is 73.1 Å². The second-order valence-corrected chi connectivity index (χ2v) is 13.6. The van der Waals surface area contributed by atoms with Gasteiger partial charge in [0.25, 0.3) is 0 Å². The molecule has 0 radical (unpaired) electrons. The summed E-state index contributed by atoms with van der Waals surface area (Å²) in [6.45, 7) is 0.